The summed E-state index contributed by atoms with van der Waals surface area (Å²) >= 11 is 5.14. The van der Waals surface area contributed by atoms with E-state index in [1.165, 1.54) is 0 Å². The molecule has 1 radical (unpaired) electrons. The predicted molar refractivity (Wildman–Crippen MR) is 35.5 cm³/mol. The quantitative estimate of drug-likeness (QED) is 0.543. The topological polar surface area (TPSA) is 17.1 Å². The van der Waals surface area contributed by atoms with Crippen LogP contribution in [0.1, 0.15) is 10.4 Å². The number of rotatable bonds is 1. The summed E-state index contributed by atoms with van der Waals surface area (Å²) in [6, 6.07) is 9.36. The van der Waals surface area contributed by atoms with Gasteiger partial charge in [0.1, 0.15) is 0 Å². The van der Waals surface area contributed by atoms with Gasteiger partial charge in [0.25, 0.3) is 5.24 Å². The molecule has 0 aliphatic rings. The zero-order chi connectivity index (χ0) is 6.69. The van der Waals surface area contributed by atoms with Crippen molar-refractivity contribution in [3.8, 4) is 0 Å². The highest BCUT2D eigenvalue weighted by atomic mass is 35.5. The summed E-state index contributed by atoms with van der Waals surface area (Å²) < 4.78 is 0. The molecule has 0 unspecified atom stereocenters. The van der Waals surface area contributed by atoms with Crippen LogP contribution in [0.4, 0.5) is 0 Å². The van der Waals surface area contributed by atoms with E-state index in [-0.39, 0.29) is 0 Å². The highest BCUT2D eigenvalue weighted by molar-refractivity contribution is 6.67. The Morgan fingerprint density at radius 1 is 1.67 bits per heavy atom. The number of hydrogen-bond acceptors (Lipinski definition) is 1. The van der Waals surface area contributed by atoms with Gasteiger partial charge in [0.15, 0.2) is 0 Å². The van der Waals surface area contributed by atoms with Gasteiger partial charge in [-0.15, -0.1) is 0 Å². The molecule has 0 fully saturated rings. The number of benzene rings is 1. The molecule has 0 aliphatic heterocycles. The van der Waals surface area contributed by atoms with Crippen molar-refractivity contribution < 1.29 is 4.79 Å². The molecule has 0 atom stereocenters. The smallest absolute Gasteiger partial charge is 0.252 e. The van der Waals surface area contributed by atoms with Crippen molar-refractivity contribution >= 4 is 16.8 Å². The van der Waals surface area contributed by atoms with Gasteiger partial charge in [0.05, 0.1) is 0 Å². The number of halogens is 1. The molecule has 9 heavy (non-hydrogen) atoms. The van der Waals surface area contributed by atoms with Crippen molar-refractivity contribution in [3.05, 3.63) is 35.9 Å². The lowest BCUT2D eigenvalue weighted by molar-refractivity contribution is 0.108. The molecule has 0 spiro atoms. The van der Waals surface area contributed by atoms with E-state index in [0.29, 0.717) is 5.56 Å². The van der Waals surface area contributed by atoms with Gasteiger partial charge >= 0.3 is 0 Å². The average molecular weight is 140 g/mol. The third kappa shape index (κ3) is 1.54. The normalized spacial score (nSPS) is 9.00. The molecule has 0 saturated heterocycles. The maximum Gasteiger partial charge on any atom is 0.252 e. The van der Waals surface area contributed by atoms with Crippen molar-refractivity contribution in [2.45, 2.75) is 0 Å². The summed E-state index contributed by atoms with van der Waals surface area (Å²) in [6.07, 6.45) is 0. The van der Waals surface area contributed by atoms with Crippen molar-refractivity contribution in [1.82, 2.24) is 0 Å². The number of carbonyl (C=O) groups is 1. The fourth-order valence-electron chi connectivity index (χ4n) is 0.516. The Kier molecular flexibility index (Phi) is 1.85. The molecule has 1 aromatic rings. The molecule has 0 amide bonds. The lowest BCUT2D eigenvalue weighted by atomic mass is 10.2. The molecule has 0 bridgehead atoms. The van der Waals surface area contributed by atoms with Gasteiger partial charge in [-0.25, -0.2) is 0 Å². The average Bonchev–Trinajstić information content (AvgIpc) is 1.90. The minimum Gasteiger partial charge on any atom is -0.276 e. The van der Waals surface area contributed by atoms with Crippen LogP contribution in [-0.4, -0.2) is 5.24 Å². The molecule has 45 valence electrons. The van der Waals surface area contributed by atoms with E-state index >= 15 is 0 Å². The van der Waals surface area contributed by atoms with Crippen LogP contribution in [0.25, 0.3) is 0 Å². The van der Waals surface area contributed by atoms with E-state index in [4.69, 9.17) is 11.6 Å². The Labute approximate surface area is 58.3 Å². The predicted octanol–water partition coefficient (Wildman–Crippen LogP) is 1.87. The zero-order valence-corrected chi connectivity index (χ0v) is 5.35. The molecule has 1 nitrogen and oxygen atoms in total. The zero-order valence-electron chi connectivity index (χ0n) is 4.60. The van der Waals surface area contributed by atoms with E-state index < -0.39 is 5.24 Å². The van der Waals surface area contributed by atoms with Crippen LogP contribution in [0.5, 0.6) is 0 Å². The third-order valence-corrected chi connectivity index (χ3v) is 1.15. The molecule has 0 heterocycles. The van der Waals surface area contributed by atoms with Crippen LogP contribution in [-0.2, 0) is 0 Å². The van der Waals surface area contributed by atoms with Crippen LogP contribution in [0.15, 0.2) is 24.3 Å². The Balaban J connectivity index is 2.98. The minimum absolute atomic E-state index is 0.438. The summed E-state index contributed by atoms with van der Waals surface area (Å²) in [7, 11) is 0. The van der Waals surface area contributed by atoms with Gasteiger partial charge < -0.3 is 0 Å². The van der Waals surface area contributed by atoms with Crippen LogP contribution >= 0.6 is 11.6 Å². The minimum atomic E-state index is -0.438. The van der Waals surface area contributed by atoms with Crippen LogP contribution < -0.4 is 0 Å². The first-order valence-corrected chi connectivity index (χ1v) is 2.84. The maximum atomic E-state index is 10.4. The first-order valence-electron chi connectivity index (χ1n) is 2.46. The van der Waals surface area contributed by atoms with E-state index in [2.05, 4.69) is 6.07 Å². The molecule has 0 saturated carbocycles. The Hall–Kier alpha value is -0.820. The molecular formula is C7H4ClO. The lowest BCUT2D eigenvalue weighted by Crippen LogP contribution is -1.85. The summed E-state index contributed by atoms with van der Waals surface area (Å²) in [5, 5.41) is -0.438. The SMILES string of the molecule is O=C(Cl)c1c[c]ccc1. The maximum absolute atomic E-state index is 10.4. The molecule has 0 aliphatic carbocycles. The van der Waals surface area contributed by atoms with Gasteiger partial charge in [-0.05, 0) is 23.7 Å². The molecule has 0 N–H and O–H groups in total. The van der Waals surface area contributed by atoms with E-state index in [1.54, 1.807) is 24.3 Å². The summed E-state index contributed by atoms with van der Waals surface area (Å²) in [5.41, 5.74) is 0.485. The van der Waals surface area contributed by atoms with Gasteiger partial charge in [-0.1, -0.05) is 18.2 Å². The fraction of sp³-hybridized carbons (Fsp3) is 0. The largest absolute Gasteiger partial charge is 0.276 e. The second-order valence-corrected chi connectivity index (χ2v) is 1.91. The van der Waals surface area contributed by atoms with E-state index in [0.717, 1.165) is 0 Å². The molecule has 2 heteroatoms. The second-order valence-electron chi connectivity index (χ2n) is 1.57. The van der Waals surface area contributed by atoms with Gasteiger partial charge in [-0.3, -0.25) is 4.79 Å². The fourth-order valence-corrected chi connectivity index (χ4v) is 0.633. The molecule has 1 aromatic carbocycles. The summed E-state index contributed by atoms with van der Waals surface area (Å²) in [4.78, 5) is 10.4. The highest BCUT2D eigenvalue weighted by Gasteiger charge is 1.96. The lowest BCUT2D eigenvalue weighted by Gasteiger charge is -1.86. The van der Waals surface area contributed by atoms with E-state index in [9.17, 15) is 4.79 Å². The van der Waals surface area contributed by atoms with Gasteiger partial charge in [0, 0.05) is 5.56 Å². The standard InChI is InChI=1S/C7H4ClO/c8-7(9)6-4-2-1-3-5-6/h1-2,4-5H. The van der Waals surface area contributed by atoms with Crippen molar-refractivity contribution in [3.63, 3.8) is 0 Å². The van der Waals surface area contributed by atoms with Crippen molar-refractivity contribution in [2.24, 2.45) is 0 Å². The molecule has 1 rings (SSSR count). The van der Waals surface area contributed by atoms with Gasteiger partial charge in [0.2, 0.25) is 0 Å². The number of hydrogen-bond donors (Lipinski definition) is 0. The summed E-state index contributed by atoms with van der Waals surface area (Å²) in [5.74, 6) is 0. The van der Waals surface area contributed by atoms with E-state index in [1.807, 2.05) is 0 Å². The second kappa shape index (κ2) is 2.65. The van der Waals surface area contributed by atoms with Crippen molar-refractivity contribution in [2.75, 3.05) is 0 Å². The molecule has 0 aromatic heterocycles. The Morgan fingerprint density at radius 3 is 2.78 bits per heavy atom. The van der Waals surface area contributed by atoms with Crippen LogP contribution in [0, 0.1) is 6.07 Å². The Bertz CT molecular complexity index is 205. The number of carbonyl (C=O) groups excluding carboxylic acids is 1. The van der Waals surface area contributed by atoms with Crippen molar-refractivity contribution in [1.29, 1.82) is 0 Å². The monoisotopic (exact) mass is 139 g/mol. The van der Waals surface area contributed by atoms with Crippen LogP contribution in [0.2, 0.25) is 0 Å². The first kappa shape index (κ1) is 6.30. The Morgan fingerprint density at radius 2 is 2.44 bits per heavy atom. The summed E-state index contributed by atoms with van der Waals surface area (Å²) in [6.45, 7) is 0. The third-order valence-electron chi connectivity index (χ3n) is 0.934. The van der Waals surface area contributed by atoms with Gasteiger partial charge in [-0.2, -0.15) is 0 Å². The first-order chi connectivity index (χ1) is 4.30. The van der Waals surface area contributed by atoms with Crippen LogP contribution in [0.3, 0.4) is 0 Å². The highest BCUT2D eigenvalue weighted by Crippen LogP contribution is 2.00. The molecular weight excluding hydrogens is 136 g/mol.